The molecular formula is C28H39ClN2O4. The first kappa shape index (κ1) is 27.2. The van der Waals surface area contributed by atoms with Crippen molar-refractivity contribution >= 4 is 18.3 Å². The Kier molecular flexibility index (Phi) is 10.1. The van der Waals surface area contributed by atoms with Crippen molar-refractivity contribution < 1.29 is 19.0 Å². The predicted molar refractivity (Wildman–Crippen MR) is 141 cm³/mol. The average Bonchev–Trinajstić information content (AvgIpc) is 3.18. The van der Waals surface area contributed by atoms with Crippen molar-refractivity contribution in [1.82, 2.24) is 9.80 Å². The van der Waals surface area contributed by atoms with Gasteiger partial charge in [-0.1, -0.05) is 18.6 Å². The number of carbonyl (C=O) groups excluding carboxylic acids is 1. The zero-order chi connectivity index (χ0) is 23.9. The lowest BCUT2D eigenvalue weighted by Gasteiger charge is -2.29. The summed E-state index contributed by atoms with van der Waals surface area (Å²) < 4.78 is 16.2. The molecule has 0 N–H and O–H groups in total. The van der Waals surface area contributed by atoms with E-state index in [0.29, 0.717) is 18.1 Å². The molecule has 0 bridgehead atoms. The van der Waals surface area contributed by atoms with E-state index in [2.05, 4.69) is 21.9 Å². The highest BCUT2D eigenvalue weighted by atomic mass is 35.5. The van der Waals surface area contributed by atoms with E-state index >= 15 is 0 Å². The Hall–Kier alpha value is -2.44. The molecule has 2 aliphatic heterocycles. The van der Waals surface area contributed by atoms with Crippen LogP contribution in [-0.2, 0) is 24.1 Å². The van der Waals surface area contributed by atoms with Gasteiger partial charge in [-0.05, 0) is 79.1 Å². The van der Waals surface area contributed by atoms with Crippen LogP contribution in [0.4, 0.5) is 0 Å². The third kappa shape index (κ3) is 7.05. The van der Waals surface area contributed by atoms with E-state index in [1.807, 2.05) is 24.3 Å². The molecule has 0 saturated carbocycles. The molecule has 0 radical (unpaired) electrons. The number of amides is 1. The molecule has 0 aliphatic carbocycles. The molecule has 7 heteroatoms. The van der Waals surface area contributed by atoms with Crippen LogP contribution in [0.2, 0.25) is 0 Å². The van der Waals surface area contributed by atoms with Gasteiger partial charge in [0.1, 0.15) is 5.75 Å². The number of hydrogen-bond donors (Lipinski definition) is 0. The summed E-state index contributed by atoms with van der Waals surface area (Å²) >= 11 is 0. The molecule has 2 heterocycles. The van der Waals surface area contributed by atoms with Gasteiger partial charge in [-0.2, -0.15) is 0 Å². The molecule has 192 valence electrons. The quantitative estimate of drug-likeness (QED) is 0.535. The lowest BCUT2D eigenvalue weighted by molar-refractivity contribution is -0.130. The SMILES string of the molecule is COc1ccc(CCN2CCCCC(CN3CCc4cc(OC)c(OC)cc4CC3=O)C2)cc1.Cl. The largest absolute Gasteiger partial charge is 0.497 e. The average molecular weight is 503 g/mol. The number of halogens is 1. The van der Waals surface area contributed by atoms with Crippen LogP contribution in [0.3, 0.4) is 0 Å². The van der Waals surface area contributed by atoms with E-state index < -0.39 is 0 Å². The minimum absolute atomic E-state index is 0. The minimum atomic E-state index is 0. The summed E-state index contributed by atoms with van der Waals surface area (Å²) in [5.41, 5.74) is 3.59. The van der Waals surface area contributed by atoms with Crippen molar-refractivity contribution in [3.05, 3.63) is 53.1 Å². The monoisotopic (exact) mass is 502 g/mol. The molecule has 0 spiro atoms. The normalized spacial score (nSPS) is 18.7. The van der Waals surface area contributed by atoms with Crippen molar-refractivity contribution in [2.45, 2.75) is 38.5 Å². The first-order valence-corrected chi connectivity index (χ1v) is 12.5. The van der Waals surface area contributed by atoms with Crippen LogP contribution in [0.1, 0.15) is 36.0 Å². The van der Waals surface area contributed by atoms with Crippen LogP contribution in [0.5, 0.6) is 17.2 Å². The van der Waals surface area contributed by atoms with E-state index in [4.69, 9.17) is 14.2 Å². The van der Waals surface area contributed by atoms with E-state index in [0.717, 1.165) is 62.6 Å². The highest BCUT2D eigenvalue weighted by molar-refractivity contribution is 5.85. The Morgan fingerprint density at radius 3 is 2.31 bits per heavy atom. The lowest BCUT2D eigenvalue weighted by atomic mass is 10.0. The molecule has 2 aromatic carbocycles. The lowest BCUT2D eigenvalue weighted by Crippen LogP contribution is -2.40. The number of benzene rings is 2. The maximum Gasteiger partial charge on any atom is 0.227 e. The first-order chi connectivity index (χ1) is 16.6. The zero-order valence-corrected chi connectivity index (χ0v) is 22.1. The standard InChI is InChI=1S/C28H38N2O4.ClH/c1-32-25-9-7-21(8-10-25)11-14-29-13-5-4-6-22(19-29)20-30-15-12-23-16-26(33-2)27(34-3)17-24(23)18-28(30)31;/h7-10,16-17,22H,4-6,11-15,18-20H2,1-3H3;1H. The highest BCUT2D eigenvalue weighted by Gasteiger charge is 2.26. The van der Waals surface area contributed by atoms with Gasteiger partial charge >= 0.3 is 0 Å². The second kappa shape index (κ2) is 13.0. The van der Waals surface area contributed by atoms with Gasteiger partial charge < -0.3 is 24.0 Å². The Morgan fingerprint density at radius 2 is 1.63 bits per heavy atom. The van der Waals surface area contributed by atoms with Crippen LogP contribution < -0.4 is 14.2 Å². The number of likely N-dealkylation sites (tertiary alicyclic amines) is 1. The van der Waals surface area contributed by atoms with Gasteiger partial charge in [0.15, 0.2) is 11.5 Å². The number of hydrogen-bond acceptors (Lipinski definition) is 5. The molecule has 1 atom stereocenters. The Bertz CT molecular complexity index is 966. The van der Waals surface area contributed by atoms with Crippen LogP contribution in [0.25, 0.3) is 0 Å². The van der Waals surface area contributed by atoms with E-state index in [1.165, 1.54) is 30.4 Å². The Morgan fingerprint density at radius 1 is 0.914 bits per heavy atom. The number of methoxy groups -OCH3 is 3. The molecule has 1 saturated heterocycles. The maximum atomic E-state index is 13.2. The van der Waals surface area contributed by atoms with Crippen LogP contribution in [0, 0.1) is 5.92 Å². The van der Waals surface area contributed by atoms with Gasteiger partial charge in [0.2, 0.25) is 5.91 Å². The predicted octanol–water partition coefficient (Wildman–Crippen LogP) is 4.41. The van der Waals surface area contributed by atoms with Crippen molar-refractivity contribution in [1.29, 1.82) is 0 Å². The van der Waals surface area contributed by atoms with E-state index in [1.54, 1.807) is 21.3 Å². The number of rotatable bonds is 8. The fourth-order valence-corrected chi connectivity index (χ4v) is 5.27. The smallest absolute Gasteiger partial charge is 0.227 e. The molecule has 0 aromatic heterocycles. The van der Waals surface area contributed by atoms with Gasteiger partial charge in [-0.3, -0.25) is 4.79 Å². The first-order valence-electron chi connectivity index (χ1n) is 12.5. The summed E-state index contributed by atoms with van der Waals surface area (Å²) in [6, 6.07) is 12.4. The molecule has 2 aliphatic rings. The van der Waals surface area contributed by atoms with Crippen molar-refractivity contribution in [2.24, 2.45) is 5.92 Å². The summed E-state index contributed by atoms with van der Waals surface area (Å²) in [5.74, 6) is 3.07. The van der Waals surface area contributed by atoms with Gasteiger partial charge in [-0.15, -0.1) is 12.4 Å². The fraction of sp³-hybridized carbons (Fsp3) is 0.536. The summed E-state index contributed by atoms with van der Waals surface area (Å²) in [7, 11) is 5.00. The molecule has 6 nitrogen and oxygen atoms in total. The summed E-state index contributed by atoms with van der Waals surface area (Å²) in [5, 5.41) is 0. The maximum absolute atomic E-state index is 13.2. The Balaban J connectivity index is 0.00000342. The molecule has 35 heavy (non-hydrogen) atoms. The third-order valence-corrected chi connectivity index (χ3v) is 7.26. The molecule has 1 amide bonds. The van der Waals surface area contributed by atoms with Crippen LogP contribution >= 0.6 is 12.4 Å². The van der Waals surface area contributed by atoms with Crippen molar-refractivity contribution in [3.8, 4) is 17.2 Å². The number of fused-ring (bicyclic) bond motifs is 1. The summed E-state index contributed by atoms with van der Waals surface area (Å²) in [6.45, 7) is 4.88. The second-order valence-electron chi connectivity index (χ2n) is 9.50. The van der Waals surface area contributed by atoms with Gasteiger partial charge in [0, 0.05) is 26.2 Å². The van der Waals surface area contributed by atoms with E-state index in [-0.39, 0.29) is 18.3 Å². The number of ether oxygens (including phenoxy) is 3. The second-order valence-corrected chi connectivity index (χ2v) is 9.50. The number of nitrogens with zero attached hydrogens (tertiary/aromatic N) is 2. The summed E-state index contributed by atoms with van der Waals surface area (Å²) in [6.07, 6.45) is 5.99. The van der Waals surface area contributed by atoms with Gasteiger partial charge in [-0.25, -0.2) is 0 Å². The summed E-state index contributed by atoms with van der Waals surface area (Å²) in [4.78, 5) is 17.9. The third-order valence-electron chi connectivity index (χ3n) is 7.26. The highest BCUT2D eigenvalue weighted by Crippen LogP contribution is 2.32. The molecule has 4 rings (SSSR count). The van der Waals surface area contributed by atoms with Crippen molar-refractivity contribution in [3.63, 3.8) is 0 Å². The molecule has 2 aromatic rings. The number of carbonyl (C=O) groups is 1. The zero-order valence-electron chi connectivity index (χ0n) is 21.3. The van der Waals surface area contributed by atoms with E-state index in [9.17, 15) is 4.79 Å². The van der Waals surface area contributed by atoms with Crippen LogP contribution in [0.15, 0.2) is 36.4 Å². The molecular weight excluding hydrogens is 464 g/mol. The van der Waals surface area contributed by atoms with Gasteiger partial charge in [0.25, 0.3) is 0 Å². The minimum Gasteiger partial charge on any atom is -0.497 e. The topological polar surface area (TPSA) is 51.2 Å². The van der Waals surface area contributed by atoms with Gasteiger partial charge in [0.05, 0.1) is 27.8 Å². The molecule has 1 unspecified atom stereocenters. The van der Waals surface area contributed by atoms with Crippen LogP contribution in [-0.4, -0.2) is 69.8 Å². The molecule has 1 fully saturated rings. The van der Waals surface area contributed by atoms with Crippen molar-refractivity contribution in [2.75, 3.05) is 54.1 Å². The fourth-order valence-electron chi connectivity index (χ4n) is 5.27. The Labute approximate surface area is 215 Å².